The van der Waals surface area contributed by atoms with E-state index in [1.54, 1.807) is 12.1 Å². The largest absolute Gasteiger partial charge is 0.348 e. The number of primary sulfonamides is 1. The molecule has 1 aliphatic rings. The number of aryl methyl sites for hydroxylation is 1. The number of hydrogen-bond acceptors (Lipinski definition) is 4. The Balaban J connectivity index is 1.56. The van der Waals surface area contributed by atoms with Gasteiger partial charge in [0.2, 0.25) is 15.9 Å². The van der Waals surface area contributed by atoms with Crippen LogP contribution in [-0.4, -0.2) is 20.4 Å². The van der Waals surface area contributed by atoms with Crippen LogP contribution in [-0.2, 0) is 27.8 Å². The van der Waals surface area contributed by atoms with Gasteiger partial charge in [-0.25, -0.2) is 13.6 Å². The molecule has 0 unspecified atom stereocenters. The Kier molecular flexibility index (Phi) is 5.94. The van der Waals surface area contributed by atoms with Gasteiger partial charge in [0, 0.05) is 6.54 Å². The number of nitrogens with one attached hydrogen (secondary N) is 2. The summed E-state index contributed by atoms with van der Waals surface area (Å²) >= 11 is 0. The predicted molar refractivity (Wildman–Crippen MR) is 104 cm³/mol. The van der Waals surface area contributed by atoms with Crippen molar-refractivity contribution in [2.45, 2.75) is 49.7 Å². The number of rotatable bonds is 6. The van der Waals surface area contributed by atoms with Crippen LogP contribution in [0.4, 0.5) is 0 Å². The van der Waals surface area contributed by atoms with Crippen molar-refractivity contribution >= 4 is 15.9 Å². The maximum Gasteiger partial charge on any atom is 0.238 e. The molecule has 1 amide bonds. The van der Waals surface area contributed by atoms with E-state index in [-0.39, 0.29) is 22.9 Å². The lowest BCUT2D eigenvalue weighted by molar-refractivity contribution is -0.123. The molecular formula is C20H25N3O3S. The number of nitrogens with two attached hydrogens (primary N) is 1. The molecule has 0 saturated heterocycles. The summed E-state index contributed by atoms with van der Waals surface area (Å²) in [5, 5.41) is 11.4. The van der Waals surface area contributed by atoms with Gasteiger partial charge in [-0.2, -0.15) is 0 Å². The molecule has 2 aromatic carbocycles. The third kappa shape index (κ3) is 4.94. The molecule has 2 atom stereocenters. The average molecular weight is 388 g/mol. The van der Waals surface area contributed by atoms with E-state index in [2.05, 4.69) is 22.8 Å². The van der Waals surface area contributed by atoms with Crippen molar-refractivity contribution in [1.29, 1.82) is 0 Å². The molecule has 1 aliphatic carbocycles. The molecule has 0 radical (unpaired) electrons. The predicted octanol–water partition coefficient (Wildman–Crippen LogP) is 2.01. The highest BCUT2D eigenvalue weighted by atomic mass is 32.2. The first-order valence-corrected chi connectivity index (χ1v) is 10.6. The summed E-state index contributed by atoms with van der Waals surface area (Å²) in [6, 6.07) is 14.3. The molecule has 7 heteroatoms. The average Bonchev–Trinajstić information content (AvgIpc) is 2.66. The number of carbonyl (C=O) groups is 1. The van der Waals surface area contributed by atoms with Gasteiger partial charge < -0.3 is 10.6 Å². The highest BCUT2D eigenvalue weighted by Gasteiger charge is 2.23. The third-order valence-corrected chi connectivity index (χ3v) is 5.87. The van der Waals surface area contributed by atoms with Gasteiger partial charge in [-0.1, -0.05) is 36.4 Å². The number of carbonyl (C=O) groups excluding carboxylic acids is 1. The second-order valence-corrected chi connectivity index (χ2v) is 8.51. The molecule has 0 spiro atoms. The van der Waals surface area contributed by atoms with Crippen LogP contribution < -0.4 is 15.8 Å². The fourth-order valence-corrected chi connectivity index (χ4v) is 3.88. The van der Waals surface area contributed by atoms with Crippen LogP contribution in [0.2, 0.25) is 0 Å². The Morgan fingerprint density at radius 2 is 1.89 bits per heavy atom. The molecule has 2 aromatic rings. The van der Waals surface area contributed by atoms with Crippen LogP contribution in [0.3, 0.4) is 0 Å². The standard InChI is InChI=1S/C20H25N3O3S/c1-14(22-13-15-9-11-17(12-10-15)27(21,25)26)20(24)23-19-8-4-6-16-5-2-3-7-18(16)19/h2-3,5,7,9-12,14,19,22H,4,6,8,13H2,1H3,(H,23,24)(H2,21,25,26)/t14-,19+/m0/s1. The molecule has 0 bridgehead atoms. The van der Waals surface area contributed by atoms with E-state index >= 15 is 0 Å². The smallest absolute Gasteiger partial charge is 0.238 e. The Labute approximate surface area is 160 Å². The summed E-state index contributed by atoms with van der Waals surface area (Å²) in [5.74, 6) is -0.0436. The minimum atomic E-state index is -3.69. The zero-order valence-electron chi connectivity index (χ0n) is 15.3. The number of hydrogen-bond donors (Lipinski definition) is 3. The summed E-state index contributed by atoms with van der Waals surface area (Å²) in [4.78, 5) is 12.6. The summed E-state index contributed by atoms with van der Waals surface area (Å²) in [7, 11) is -3.69. The maximum atomic E-state index is 12.6. The zero-order chi connectivity index (χ0) is 19.4. The molecular weight excluding hydrogens is 362 g/mol. The second kappa shape index (κ2) is 8.21. The van der Waals surface area contributed by atoms with Crippen LogP contribution >= 0.6 is 0 Å². The Morgan fingerprint density at radius 1 is 1.19 bits per heavy atom. The molecule has 0 fully saturated rings. The van der Waals surface area contributed by atoms with Crippen molar-refractivity contribution in [2.75, 3.05) is 0 Å². The molecule has 27 heavy (non-hydrogen) atoms. The lowest BCUT2D eigenvalue weighted by atomic mass is 9.87. The van der Waals surface area contributed by atoms with Crippen LogP contribution in [0.5, 0.6) is 0 Å². The summed E-state index contributed by atoms with van der Waals surface area (Å²) in [6.45, 7) is 2.28. The van der Waals surface area contributed by atoms with Crippen molar-refractivity contribution in [3.8, 4) is 0 Å². The topological polar surface area (TPSA) is 101 Å². The minimum Gasteiger partial charge on any atom is -0.348 e. The summed E-state index contributed by atoms with van der Waals surface area (Å²) in [5.41, 5.74) is 3.40. The van der Waals surface area contributed by atoms with Gasteiger partial charge in [0.1, 0.15) is 0 Å². The van der Waals surface area contributed by atoms with Crippen molar-refractivity contribution in [2.24, 2.45) is 5.14 Å². The van der Waals surface area contributed by atoms with Crippen molar-refractivity contribution in [3.63, 3.8) is 0 Å². The van der Waals surface area contributed by atoms with Gasteiger partial charge in [0.25, 0.3) is 0 Å². The molecule has 0 saturated carbocycles. The molecule has 0 aromatic heterocycles. The van der Waals surface area contributed by atoms with E-state index in [0.717, 1.165) is 24.8 Å². The van der Waals surface area contributed by atoms with Gasteiger partial charge in [-0.05, 0) is 55.0 Å². The fraction of sp³-hybridized carbons (Fsp3) is 0.350. The van der Waals surface area contributed by atoms with Gasteiger partial charge in [-0.15, -0.1) is 0 Å². The molecule has 0 aliphatic heterocycles. The second-order valence-electron chi connectivity index (χ2n) is 6.94. The Morgan fingerprint density at radius 3 is 2.59 bits per heavy atom. The molecule has 3 rings (SSSR count). The quantitative estimate of drug-likeness (QED) is 0.706. The first-order valence-electron chi connectivity index (χ1n) is 9.08. The van der Waals surface area contributed by atoms with Gasteiger partial charge in [-0.3, -0.25) is 4.79 Å². The fourth-order valence-electron chi connectivity index (χ4n) is 3.36. The number of amides is 1. The van der Waals surface area contributed by atoms with E-state index < -0.39 is 10.0 Å². The molecule has 6 nitrogen and oxygen atoms in total. The van der Waals surface area contributed by atoms with E-state index in [1.165, 1.54) is 23.3 Å². The highest BCUT2D eigenvalue weighted by Crippen LogP contribution is 2.29. The molecule has 4 N–H and O–H groups in total. The number of sulfonamides is 1. The maximum absolute atomic E-state index is 12.6. The van der Waals surface area contributed by atoms with E-state index in [0.29, 0.717) is 6.54 Å². The van der Waals surface area contributed by atoms with E-state index in [4.69, 9.17) is 5.14 Å². The van der Waals surface area contributed by atoms with Crippen LogP contribution in [0.1, 0.15) is 42.5 Å². The third-order valence-electron chi connectivity index (χ3n) is 4.94. The van der Waals surface area contributed by atoms with E-state index in [9.17, 15) is 13.2 Å². The van der Waals surface area contributed by atoms with Gasteiger partial charge >= 0.3 is 0 Å². The Hall–Kier alpha value is -2.22. The van der Waals surface area contributed by atoms with Gasteiger partial charge in [0.15, 0.2) is 0 Å². The van der Waals surface area contributed by atoms with Crippen molar-refractivity contribution in [1.82, 2.24) is 10.6 Å². The molecule has 0 heterocycles. The summed E-state index contributed by atoms with van der Waals surface area (Å²) < 4.78 is 22.6. The summed E-state index contributed by atoms with van der Waals surface area (Å²) in [6.07, 6.45) is 3.08. The first-order chi connectivity index (χ1) is 12.8. The van der Waals surface area contributed by atoms with Crippen LogP contribution in [0.25, 0.3) is 0 Å². The normalized spacial score (nSPS) is 17.8. The molecule has 144 valence electrons. The van der Waals surface area contributed by atoms with Crippen LogP contribution in [0, 0.1) is 0 Å². The zero-order valence-corrected chi connectivity index (χ0v) is 16.1. The van der Waals surface area contributed by atoms with Crippen LogP contribution in [0.15, 0.2) is 53.4 Å². The number of fused-ring (bicyclic) bond motifs is 1. The van der Waals surface area contributed by atoms with Crippen molar-refractivity contribution < 1.29 is 13.2 Å². The monoisotopic (exact) mass is 387 g/mol. The lowest BCUT2D eigenvalue weighted by Crippen LogP contribution is -2.43. The van der Waals surface area contributed by atoms with E-state index in [1.807, 2.05) is 19.1 Å². The number of benzene rings is 2. The highest BCUT2D eigenvalue weighted by molar-refractivity contribution is 7.89. The first kappa shape index (κ1) is 19.5. The van der Waals surface area contributed by atoms with Gasteiger partial charge in [0.05, 0.1) is 17.0 Å². The van der Waals surface area contributed by atoms with Crippen molar-refractivity contribution in [3.05, 3.63) is 65.2 Å². The minimum absolute atomic E-state index is 0.0436. The lowest BCUT2D eigenvalue weighted by Gasteiger charge is -2.27. The SMILES string of the molecule is C[C@H](NCc1ccc(S(N)(=O)=O)cc1)C(=O)N[C@@H]1CCCc2ccccc21. The Bertz CT molecular complexity index is 910.